The lowest BCUT2D eigenvalue weighted by molar-refractivity contribution is 0.606. The van der Waals surface area contributed by atoms with Crippen LogP contribution in [0.1, 0.15) is 51.4 Å². The molecule has 2 aromatic rings. The number of hydrogen-bond donors (Lipinski definition) is 2. The van der Waals surface area contributed by atoms with Gasteiger partial charge in [-0.15, -0.1) is 0 Å². The van der Waals surface area contributed by atoms with Gasteiger partial charge in [-0.1, -0.05) is 45.9 Å². The Morgan fingerprint density at radius 2 is 1.70 bits per heavy atom. The van der Waals surface area contributed by atoms with Crippen molar-refractivity contribution in [1.29, 1.82) is 0 Å². The predicted molar refractivity (Wildman–Crippen MR) is 98.5 cm³/mol. The first-order valence-electron chi connectivity index (χ1n) is 8.41. The Morgan fingerprint density at radius 3 is 2.39 bits per heavy atom. The first kappa shape index (κ1) is 17.3. The smallest absolute Gasteiger partial charge is 0.136 e. The van der Waals surface area contributed by atoms with Crippen molar-refractivity contribution in [3.63, 3.8) is 0 Å². The van der Waals surface area contributed by atoms with E-state index in [9.17, 15) is 0 Å². The van der Waals surface area contributed by atoms with Crippen LogP contribution in [-0.2, 0) is 0 Å². The van der Waals surface area contributed by atoms with E-state index in [0.29, 0.717) is 11.8 Å². The van der Waals surface area contributed by atoms with E-state index >= 15 is 0 Å². The maximum atomic E-state index is 4.51. The summed E-state index contributed by atoms with van der Waals surface area (Å²) in [6.45, 7) is 11.7. The SMILES string of the molecule is Cc1nc(NCCC(C)C)cc(Nc2ccccc2C(C)C)n1. The van der Waals surface area contributed by atoms with Gasteiger partial charge in [0.25, 0.3) is 0 Å². The summed E-state index contributed by atoms with van der Waals surface area (Å²) in [5.41, 5.74) is 2.40. The summed E-state index contributed by atoms with van der Waals surface area (Å²) in [5, 5.41) is 6.83. The Balaban J connectivity index is 2.15. The lowest BCUT2D eigenvalue weighted by Crippen LogP contribution is -2.08. The van der Waals surface area contributed by atoms with E-state index in [-0.39, 0.29) is 0 Å². The molecule has 0 saturated heterocycles. The summed E-state index contributed by atoms with van der Waals surface area (Å²) in [6.07, 6.45) is 1.13. The van der Waals surface area contributed by atoms with Crippen LogP contribution in [0.15, 0.2) is 30.3 Å². The molecule has 0 amide bonds. The minimum absolute atomic E-state index is 0.463. The van der Waals surface area contributed by atoms with Crippen molar-refractivity contribution in [1.82, 2.24) is 9.97 Å². The van der Waals surface area contributed by atoms with Crippen molar-refractivity contribution < 1.29 is 0 Å². The van der Waals surface area contributed by atoms with Gasteiger partial charge < -0.3 is 10.6 Å². The van der Waals surface area contributed by atoms with Gasteiger partial charge in [0.1, 0.15) is 17.5 Å². The number of nitrogens with zero attached hydrogens (tertiary/aromatic N) is 2. The Hall–Kier alpha value is -2.10. The molecule has 2 N–H and O–H groups in total. The van der Waals surface area contributed by atoms with Gasteiger partial charge in [0, 0.05) is 18.3 Å². The summed E-state index contributed by atoms with van der Waals surface area (Å²) in [6, 6.07) is 10.3. The molecule has 0 aliphatic carbocycles. The minimum atomic E-state index is 0.463. The third-order valence-corrected chi connectivity index (χ3v) is 3.71. The van der Waals surface area contributed by atoms with E-state index < -0.39 is 0 Å². The van der Waals surface area contributed by atoms with Crippen LogP contribution in [-0.4, -0.2) is 16.5 Å². The molecule has 4 heteroatoms. The average molecular weight is 312 g/mol. The summed E-state index contributed by atoms with van der Waals surface area (Å²) >= 11 is 0. The molecule has 0 atom stereocenters. The third kappa shape index (κ3) is 5.23. The topological polar surface area (TPSA) is 49.8 Å². The maximum absolute atomic E-state index is 4.51. The fraction of sp³-hybridized carbons (Fsp3) is 0.474. The molecule has 1 aromatic heterocycles. The largest absolute Gasteiger partial charge is 0.370 e. The first-order chi connectivity index (χ1) is 11.0. The quantitative estimate of drug-likeness (QED) is 0.746. The van der Waals surface area contributed by atoms with Crippen molar-refractivity contribution in [2.24, 2.45) is 5.92 Å². The van der Waals surface area contributed by atoms with Crippen molar-refractivity contribution in [3.8, 4) is 0 Å². The highest BCUT2D eigenvalue weighted by Gasteiger charge is 2.08. The van der Waals surface area contributed by atoms with Gasteiger partial charge in [-0.25, -0.2) is 9.97 Å². The predicted octanol–water partition coefficient (Wildman–Crippen LogP) is 5.11. The Bertz CT molecular complexity index is 635. The minimum Gasteiger partial charge on any atom is -0.370 e. The fourth-order valence-corrected chi connectivity index (χ4v) is 2.46. The molecule has 1 aromatic carbocycles. The lowest BCUT2D eigenvalue weighted by Gasteiger charge is -2.15. The van der Waals surface area contributed by atoms with Crippen molar-refractivity contribution in [2.45, 2.75) is 47.0 Å². The van der Waals surface area contributed by atoms with E-state index in [1.54, 1.807) is 0 Å². The Morgan fingerprint density at radius 1 is 1.00 bits per heavy atom. The van der Waals surface area contributed by atoms with Crippen LogP contribution in [0.3, 0.4) is 0 Å². The molecule has 1 heterocycles. The molecule has 4 nitrogen and oxygen atoms in total. The molecular formula is C19H28N4. The number of nitrogens with one attached hydrogen (secondary N) is 2. The third-order valence-electron chi connectivity index (χ3n) is 3.71. The van der Waals surface area contributed by atoms with Gasteiger partial charge in [-0.3, -0.25) is 0 Å². The van der Waals surface area contributed by atoms with Gasteiger partial charge in [-0.2, -0.15) is 0 Å². The van der Waals surface area contributed by atoms with Crippen molar-refractivity contribution in [2.75, 3.05) is 17.2 Å². The molecule has 0 aliphatic heterocycles. The highest BCUT2D eigenvalue weighted by molar-refractivity contribution is 5.63. The van der Waals surface area contributed by atoms with Gasteiger partial charge in [0.15, 0.2) is 0 Å². The monoisotopic (exact) mass is 312 g/mol. The van der Waals surface area contributed by atoms with E-state index in [4.69, 9.17) is 0 Å². The second-order valence-electron chi connectivity index (χ2n) is 6.66. The summed E-state index contributed by atoms with van der Waals surface area (Å²) in [4.78, 5) is 8.98. The second kappa shape index (κ2) is 7.95. The number of para-hydroxylation sites is 1. The van der Waals surface area contributed by atoms with Crippen LogP contribution in [0, 0.1) is 12.8 Å². The molecular weight excluding hydrogens is 284 g/mol. The van der Waals surface area contributed by atoms with Gasteiger partial charge >= 0.3 is 0 Å². The highest BCUT2D eigenvalue weighted by Crippen LogP contribution is 2.26. The molecule has 2 rings (SSSR count). The Labute approximate surface area is 139 Å². The second-order valence-corrected chi connectivity index (χ2v) is 6.66. The fourth-order valence-electron chi connectivity index (χ4n) is 2.46. The van der Waals surface area contributed by atoms with E-state index in [1.807, 2.05) is 19.1 Å². The van der Waals surface area contributed by atoms with Crippen LogP contribution in [0.25, 0.3) is 0 Å². The average Bonchev–Trinajstić information content (AvgIpc) is 2.46. The zero-order valence-corrected chi connectivity index (χ0v) is 14.9. The molecule has 0 bridgehead atoms. The maximum Gasteiger partial charge on any atom is 0.136 e. The number of aromatic nitrogens is 2. The van der Waals surface area contributed by atoms with Crippen LogP contribution in [0.5, 0.6) is 0 Å². The van der Waals surface area contributed by atoms with Gasteiger partial charge in [0.2, 0.25) is 0 Å². The van der Waals surface area contributed by atoms with Crippen molar-refractivity contribution in [3.05, 3.63) is 41.7 Å². The first-order valence-corrected chi connectivity index (χ1v) is 8.41. The number of aryl methyl sites for hydroxylation is 1. The van der Waals surface area contributed by atoms with Crippen LogP contribution < -0.4 is 10.6 Å². The Kier molecular flexibility index (Phi) is 5.97. The number of anilines is 3. The number of hydrogen-bond acceptors (Lipinski definition) is 4. The standard InChI is InChI=1S/C19H28N4/c1-13(2)10-11-20-18-12-19(22-15(5)21-18)23-17-9-7-6-8-16(17)14(3)4/h6-9,12-14H,10-11H2,1-5H3,(H2,20,21,22,23). The van der Waals surface area contributed by atoms with Crippen molar-refractivity contribution >= 4 is 17.3 Å². The van der Waals surface area contributed by atoms with E-state index in [2.05, 4.69) is 66.5 Å². The molecule has 124 valence electrons. The number of benzene rings is 1. The van der Waals surface area contributed by atoms with Crippen LogP contribution in [0.2, 0.25) is 0 Å². The lowest BCUT2D eigenvalue weighted by atomic mass is 10.0. The van der Waals surface area contributed by atoms with E-state index in [0.717, 1.165) is 36.1 Å². The highest BCUT2D eigenvalue weighted by atomic mass is 15.1. The molecule has 0 radical (unpaired) electrons. The summed E-state index contributed by atoms with van der Waals surface area (Å²) in [7, 11) is 0. The molecule has 0 fully saturated rings. The van der Waals surface area contributed by atoms with E-state index in [1.165, 1.54) is 5.56 Å². The van der Waals surface area contributed by atoms with Crippen LogP contribution >= 0.6 is 0 Å². The molecule has 0 saturated carbocycles. The van der Waals surface area contributed by atoms with Gasteiger partial charge in [0.05, 0.1) is 0 Å². The zero-order chi connectivity index (χ0) is 16.8. The summed E-state index contributed by atoms with van der Waals surface area (Å²) in [5.74, 6) is 3.62. The molecule has 0 unspecified atom stereocenters. The molecule has 23 heavy (non-hydrogen) atoms. The summed E-state index contributed by atoms with van der Waals surface area (Å²) < 4.78 is 0. The number of rotatable bonds is 7. The normalized spacial score (nSPS) is 11.1. The molecule has 0 aliphatic rings. The zero-order valence-electron chi connectivity index (χ0n) is 14.9. The van der Waals surface area contributed by atoms with Gasteiger partial charge in [-0.05, 0) is 36.8 Å². The molecule has 0 spiro atoms. The van der Waals surface area contributed by atoms with Crippen LogP contribution in [0.4, 0.5) is 17.3 Å².